The summed E-state index contributed by atoms with van der Waals surface area (Å²) in [5, 5.41) is 0.631. The number of nitrogens with zero attached hydrogens (tertiary/aromatic N) is 2. The van der Waals surface area contributed by atoms with Crippen molar-refractivity contribution in [2.45, 2.75) is 63.5 Å². The smallest absolute Gasteiger partial charge is 0.410 e. The predicted octanol–water partition coefficient (Wildman–Crippen LogP) is 6.48. The Labute approximate surface area is 191 Å². The lowest BCUT2D eigenvalue weighted by atomic mass is 9.81. The number of carbonyl (C=O) groups excluding carboxylic acids is 1. The fraction of sp³-hybridized carbons (Fsp3) is 0.500. The highest BCUT2D eigenvalue weighted by molar-refractivity contribution is 6.30. The van der Waals surface area contributed by atoms with E-state index in [1.807, 2.05) is 7.05 Å². The molecule has 0 spiro atoms. The summed E-state index contributed by atoms with van der Waals surface area (Å²) in [6.07, 6.45) is 7.98. The van der Waals surface area contributed by atoms with E-state index in [1.165, 1.54) is 43.5 Å². The second-order valence-electron chi connectivity index (χ2n) is 9.02. The monoisotopic (exact) mass is 440 g/mol. The summed E-state index contributed by atoms with van der Waals surface area (Å²) < 4.78 is 5.50. The second kappa shape index (κ2) is 10.5. The summed E-state index contributed by atoms with van der Waals surface area (Å²) in [6, 6.07) is 16.4. The Kier molecular flexibility index (Phi) is 7.52. The summed E-state index contributed by atoms with van der Waals surface area (Å²) >= 11 is 5.90. The Balaban J connectivity index is 1.25. The molecule has 5 heteroatoms. The van der Waals surface area contributed by atoms with E-state index >= 15 is 0 Å². The Morgan fingerprint density at radius 1 is 0.968 bits per heavy atom. The number of hydrogen-bond donors (Lipinski definition) is 0. The molecule has 0 bridgehead atoms. The Hall–Kier alpha value is -2.04. The number of hydrogen-bond acceptors (Lipinski definition) is 3. The van der Waals surface area contributed by atoms with E-state index in [4.69, 9.17) is 16.3 Å². The zero-order valence-corrected chi connectivity index (χ0v) is 19.2. The molecule has 1 amide bonds. The van der Waals surface area contributed by atoms with Crippen molar-refractivity contribution in [2.24, 2.45) is 0 Å². The zero-order valence-electron chi connectivity index (χ0n) is 18.4. The third kappa shape index (κ3) is 6.02. The molecule has 0 radical (unpaired) electrons. The first-order chi connectivity index (χ1) is 15.1. The summed E-state index contributed by atoms with van der Waals surface area (Å²) in [4.78, 5) is 16.8. The number of carbonyl (C=O) groups is 1. The van der Waals surface area contributed by atoms with Gasteiger partial charge in [0.15, 0.2) is 0 Å². The number of benzene rings is 2. The third-order valence-electron chi connectivity index (χ3n) is 6.86. The molecule has 2 aromatic rings. The minimum absolute atomic E-state index is 0.231. The molecule has 0 N–H and O–H groups in total. The maximum Gasteiger partial charge on any atom is 0.415 e. The van der Waals surface area contributed by atoms with E-state index in [0.717, 1.165) is 32.2 Å². The quantitative estimate of drug-likeness (QED) is 0.533. The highest BCUT2D eigenvalue weighted by atomic mass is 35.5. The summed E-state index contributed by atoms with van der Waals surface area (Å²) in [6.45, 7) is 3.55. The Morgan fingerprint density at radius 3 is 2.26 bits per heavy atom. The topological polar surface area (TPSA) is 32.8 Å². The van der Waals surface area contributed by atoms with Crippen molar-refractivity contribution in [1.82, 2.24) is 9.80 Å². The van der Waals surface area contributed by atoms with Crippen LogP contribution in [0.15, 0.2) is 48.5 Å². The van der Waals surface area contributed by atoms with Crippen molar-refractivity contribution in [1.29, 1.82) is 0 Å². The molecule has 4 rings (SSSR count). The van der Waals surface area contributed by atoms with Crippen LogP contribution in [-0.2, 0) is 6.54 Å². The van der Waals surface area contributed by atoms with Crippen molar-refractivity contribution in [3.8, 4) is 5.75 Å². The summed E-state index contributed by atoms with van der Waals surface area (Å²) in [5.74, 6) is 1.11. The van der Waals surface area contributed by atoms with Gasteiger partial charge in [0.25, 0.3) is 0 Å². The Bertz CT molecular complexity index is 839. The average molecular weight is 441 g/mol. The summed E-state index contributed by atoms with van der Waals surface area (Å²) in [5.41, 5.74) is 2.86. The molecule has 4 nitrogen and oxygen atoms in total. The van der Waals surface area contributed by atoms with E-state index in [2.05, 4.69) is 29.2 Å². The predicted molar refractivity (Wildman–Crippen MR) is 126 cm³/mol. The van der Waals surface area contributed by atoms with Gasteiger partial charge in [0, 0.05) is 24.7 Å². The van der Waals surface area contributed by atoms with Crippen molar-refractivity contribution in [2.75, 3.05) is 20.1 Å². The number of likely N-dealkylation sites (tertiary alicyclic amines) is 1. The number of rotatable bonds is 5. The van der Waals surface area contributed by atoms with E-state index < -0.39 is 0 Å². The summed E-state index contributed by atoms with van der Waals surface area (Å²) in [7, 11) is 1.85. The fourth-order valence-corrected chi connectivity index (χ4v) is 5.02. The van der Waals surface area contributed by atoms with Gasteiger partial charge < -0.3 is 9.64 Å². The first-order valence-electron chi connectivity index (χ1n) is 11.6. The maximum absolute atomic E-state index is 12.5. The van der Waals surface area contributed by atoms with Crippen LogP contribution in [0.1, 0.15) is 62.0 Å². The molecule has 166 valence electrons. The molecule has 1 aliphatic heterocycles. The molecule has 2 fully saturated rings. The van der Waals surface area contributed by atoms with Gasteiger partial charge in [-0.05, 0) is 92.9 Å². The Morgan fingerprint density at radius 2 is 1.61 bits per heavy atom. The number of ether oxygens (including phenoxy) is 1. The number of amides is 1. The molecule has 0 unspecified atom stereocenters. The lowest BCUT2D eigenvalue weighted by molar-refractivity contribution is 0.130. The van der Waals surface area contributed by atoms with Crippen LogP contribution < -0.4 is 4.74 Å². The highest BCUT2D eigenvalue weighted by Crippen LogP contribution is 2.35. The van der Waals surface area contributed by atoms with E-state index in [0.29, 0.717) is 16.7 Å². The first-order valence-corrected chi connectivity index (χ1v) is 12.0. The van der Waals surface area contributed by atoms with Crippen LogP contribution in [0.4, 0.5) is 4.79 Å². The van der Waals surface area contributed by atoms with Gasteiger partial charge in [-0.25, -0.2) is 4.79 Å². The molecule has 0 aromatic heterocycles. The van der Waals surface area contributed by atoms with Gasteiger partial charge in [-0.15, -0.1) is 0 Å². The van der Waals surface area contributed by atoms with E-state index in [1.54, 1.807) is 29.2 Å². The van der Waals surface area contributed by atoms with Crippen molar-refractivity contribution < 1.29 is 9.53 Å². The van der Waals surface area contributed by atoms with E-state index in [9.17, 15) is 4.79 Å². The van der Waals surface area contributed by atoms with Crippen molar-refractivity contribution in [3.05, 3.63) is 64.7 Å². The molecule has 2 aromatic carbocycles. The number of halogens is 1. The van der Waals surface area contributed by atoms with Crippen LogP contribution in [0.25, 0.3) is 0 Å². The van der Waals surface area contributed by atoms with Gasteiger partial charge in [0.05, 0.1) is 0 Å². The minimum atomic E-state index is -0.298. The van der Waals surface area contributed by atoms with Gasteiger partial charge in [0.1, 0.15) is 5.75 Å². The third-order valence-corrected chi connectivity index (χ3v) is 7.11. The lowest BCUT2D eigenvalue weighted by Gasteiger charge is -2.34. The molecule has 31 heavy (non-hydrogen) atoms. The van der Waals surface area contributed by atoms with Crippen molar-refractivity contribution >= 4 is 17.7 Å². The highest BCUT2D eigenvalue weighted by Gasteiger charge is 2.28. The average Bonchev–Trinajstić information content (AvgIpc) is 2.81. The largest absolute Gasteiger partial charge is 0.415 e. The molecule has 1 heterocycles. The standard InChI is InChI=1S/C26H33ClN2O2/c1-28(26(30)31-25-15-11-23(27)12-16-25)24-13-9-22(10-14-24)21-7-5-20(6-8-21)19-29-17-3-2-4-18-29/h5-8,11-12,15-16,22,24H,2-4,9-10,13-14,17-19H2,1H3. The van der Waals surface area contributed by atoms with Crippen LogP contribution in [0.3, 0.4) is 0 Å². The van der Waals surface area contributed by atoms with Crippen molar-refractivity contribution in [3.63, 3.8) is 0 Å². The van der Waals surface area contributed by atoms with Crippen LogP contribution in [0.5, 0.6) is 5.75 Å². The first kappa shape index (κ1) is 22.2. The molecule has 0 atom stereocenters. The normalized spacial score (nSPS) is 22.1. The zero-order chi connectivity index (χ0) is 21.6. The molecular formula is C26H33ClN2O2. The molecule has 1 saturated heterocycles. The van der Waals surface area contributed by atoms with Crippen LogP contribution in [0.2, 0.25) is 5.02 Å². The second-order valence-corrected chi connectivity index (χ2v) is 9.45. The fourth-order valence-electron chi connectivity index (χ4n) is 4.89. The van der Waals surface area contributed by atoms with Gasteiger partial charge in [-0.3, -0.25) is 4.90 Å². The van der Waals surface area contributed by atoms with Gasteiger partial charge in [0.2, 0.25) is 0 Å². The molecule has 2 aliphatic rings. The van der Waals surface area contributed by atoms with Gasteiger partial charge in [-0.2, -0.15) is 0 Å². The SMILES string of the molecule is CN(C(=O)Oc1ccc(Cl)cc1)C1CCC(c2ccc(CN3CCCCC3)cc2)CC1. The van der Waals surface area contributed by atoms with Crippen LogP contribution in [-0.4, -0.2) is 42.1 Å². The molecule has 1 aliphatic carbocycles. The molecule has 1 saturated carbocycles. The van der Waals surface area contributed by atoms with Gasteiger partial charge in [-0.1, -0.05) is 42.3 Å². The lowest BCUT2D eigenvalue weighted by Crippen LogP contribution is -2.40. The maximum atomic E-state index is 12.5. The minimum Gasteiger partial charge on any atom is -0.410 e. The van der Waals surface area contributed by atoms with E-state index in [-0.39, 0.29) is 12.1 Å². The van der Waals surface area contributed by atoms with Gasteiger partial charge >= 0.3 is 6.09 Å². The molecular weight excluding hydrogens is 408 g/mol. The van der Waals surface area contributed by atoms with Crippen LogP contribution in [0, 0.1) is 0 Å². The van der Waals surface area contributed by atoms with Crippen LogP contribution >= 0.6 is 11.6 Å². The number of piperidine rings is 1.